The van der Waals surface area contributed by atoms with Gasteiger partial charge in [0.2, 0.25) is 5.91 Å². The number of hydrogen-bond acceptors (Lipinski definition) is 5. The molecule has 1 heterocycles. The zero-order valence-electron chi connectivity index (χ0n) is 15.8. The van der Waals surface area contributed by atoms with Crippen LogP contribution in [-0.2, 0) is 11.3 Å². The summed E-state index contributed by atoms with van der Waals surface area (Å²) in [5.74, 6) is 1.30. The molecule has 0 aliphatic rings. The average Bonchev–Trinajstić information content (AvgIpc) is 3.11. The summed E-state index contributed by atoms with van der Waals surface area (Å²) in [4.78, 5) is 12.5. The predicted molar refractivity (Wildman–Crippen MR) is 113 cm³/mol. The maximum Gasteiger partial charge on any atom is 0.237 e. The van der Waals surface area contributed by atoms with Gasteiger partial charge in [-0.15, -0.1) is 16.8 Å². The van der Waals surface area contributed by atoms with Crippen LogP contribution in [0.25, 0.3) is 11.4 Å². The quantitative estimate of drug-likeness (QED) is 0.457. The molecule has 0 spiro atoms. The number of anilines is 1. The number of nitrogens with one attached hydrogen (secondary N) is 1. The number of rotatable bonds is 8. The topological polar surface area (TPSA) is 69.0 Å². The van der Waals surface area contributed by atoms with Gasteiger partial charge in [-0.3, -0.25) is 9.36 Å². The molecule has 7 heteroatoms. The Morgan fingerprint density at radius 1 is 1.21 bits per heavy atom. The van der Waals surface area contributed by atoms with Crippen molar-refractivity contribution in [1.82, 2.24) is 14.8 Å². The van der Waals surface area contributed by atoms with E-state index in [1.54, 1.807) is 13.2 Å². The summed E-state index contributed by atoms with van der Waals surface area (Å²) in [5.41, 5.74) is 1.61. The molecule has 0 saturated heterocycles. The number of thioether (sulfide) groups is 1. The van der Waals surface area contributed by atoms with Gasteiger partial charge in [0.1, 0.15) is 5.75 Å². The first kappa shape index (κ1) is 19.7. The molecule has 0 bridgehead atoms. The van der Waals surface area contributed by atoms with Crippen molar-refractivity contribution in [2.75, 3.05) is 12.4 Å². The van der Waals surface area contributed by atoms with Crippen molar-refractivity contribution in [3.63, 3.8) is 0 Å². The fourth-order valence-corrected chi connectivity index (χ4v) is 3.53. The molecule has 0 saturated carbocycles. The first-order valence-electron chi connectivity index (χ1n) is 8.84. The fourth-order valence-electron chi connectivity index (χ4n) is 2.68. The number of carbonyl (C=O) groups excluding carboxylic acids is 1. The van der Waals surface area contributed by atoms with E-state index in [1.165, 1.54) is 11.8 Å². The Bertz CT molecular complexity index is 956. The number of hydrogen-bond donors (Lipinski definition) is 1. The Labute approximate surface area is 168 Å². The number of para-hydroxylation sites is 2. The zero-order valence-corrected chi connectivity index (χ0v) is 16.6. The Morgan fingerprint density at radius 3 is 2.64 bits per heavy atom. The zero-order chi connectivity index (χ0) is 19.9. The second kappa shape index (κ2) is 9.23. The summed E-state index contributed by atoms with van der Waals surface area (Å²) >= 11 is 1.36. The van der Waals surface area contributed by atoms with E-state index in [0.717, 1.165) is 11.3 Å². The van der Waals surface area contributed by atoms with Gasteiger partial charge in [-0.2, -0.15) is 0 Å². The van der Waals surface area contributed by atoms with Crippen LogP contribution in [0.1, 0.15) is 6.92 Å². The molecule has 1 unspecified atom stereocenters. The van der Waals surface area contributed by atoms with Crippen molar-refractivity contribution in [1.29, 1.82) is 0 Å². The molecule has 1 atom stereocenters. The number of aromatic nitrogens is 3. The summed E-state index contributed by atoms with van der Waals surface area (Å²) in [6.45, 7) is 6.20. The van der Waals surface area contributed by atoms with E-state index in [4.69, 9.17) is 4.74 Å². The average molecular weight is 395 g/mol. The lowest BCUT2D eigenvalue weighted by molar-refractivity contribution is -0.115. The Hall–Kier alpha value is -3.06. The highest BCUT2D eigenvalue weighted by Gasteiger charge is 2.21. The van der Waals surface area contributed by atoms with Gasteiger partial charge in [0, 0.05) is 12.2 Å². The van der Waals surface area contributed by atoms with E-state index in [1.807, 2.05) is 66.1 Å². The molecule has 0 radical (unpaired) electrons. The highest BCUT2D eigenvalue weighted by atomic mass is 32.2. The first-order valence-corrected chi connectivity index (χ1v) is 9.72. The molecule has 3 aromatic rings. The van der Waals surface area contributed by atoms with Crippen molar-refractivity contribution < 1.29 is 9.53 Å². The maximum atomic E-state index is 12.5. The number of allylic oxidation sites excluding steroid dienone is 1. The van der Waals surface area contributed by atoms with Gasteiger partial charge in [-0.1, -0.05) is 48.2 Å². The normalized spacial score (nSPS) is 11.6. The van der Waals surface area contributed by atoms with Crippen LogP contribution in [-0.4, -0.2) is 33.0 Å². The van der Waals surface area contributed by atoms with Gasteiger partial charge in [-0.05, 0) is 31.2 Å². The lowest BCUT2D eigenvalue weighted by Crippen LogP contribution is -2.22. The van der Waals surface area contributed by atoms with Crippen molar-refractivity contribution in [2.45, 2.75) is 23.9 Å². The van der Waals surface area contributed by atoms with E-state index in [-0.39, 0.29) is 11.2 Å². The standard InChI is InChI=1S/C21H22N4O2S/c1-4-14-25-19(17-12-8-9-13-18(17)27-3)23-24-21(25)28-15(2)20(26)22-16-10-6-5-7-11-16/h4-13,15H,1,14H2,2-3H3,(H,22,26). The van der Waals surface area contributed by atoms with Crippen LogP contribution in [0.2, 0.25) is 0 Å². The van der Waals surface area contributed by atoms with E-state index >= 15 is 0 Å². The van der Waals surface area contributed by atoms with Crippen molar-refractivity contribution >= 4 is 23.4 Å². The smallest absolute Gasteiger partial charge is 0.237 e. The molecule has 6 nitrogen and oxygen atoms in total. The largest absolute Gasteiger partial charge is 0.496 e. The number of amides is 1. The van der Waals surface area contributed by atoms with Gasteiger partial charge in [-0.25, -0.2) is 0 Å². The van der Waals surface area contributed by atoms with Crippen molar-refractivity contribution in [3.05, 3.63) is 67.3 Å². The van der Waals surface area contributed by atoms with Crippen LogP contribution in [0.4, 0.5) is 5.69 Å². The Balaban J connectivity index is 1.83. The van der Waals surface area contributed by atoms with E-state index in [2.05, 4.69) is 22.1 Å². The summed E-state index contributed by atoms with van der Waals surface area (Å²) in [6.07, 6.45) is 1.78. The lowest BCUT2D eigenvalue weighted by Gasteiger charge is -2.13. The molecule has 2 aromatic carbocycles. The summed E-state index contributed by atoms with van der Waals surface area (Å²) in [5, 5.41) is 11.9. The second-order valence-corrected chi connectivity index (χ2v) is 7.33. The third-order valence-electron chi connectivity index (χ3n) is 4.07. The molecule has 1 N–H and O–H groups in total. The summed E-state index contributed by atoms with van der Waals surface area (Å²) in [7, 11) is 1.62. The lowest BCUT2D eigenvalue weighted by atomic mass is 10.2. The third kappa shape index (κ3) is 4.43. The second-order valence-electron chi connectivity index (χ2n) is 6.02. The maximum absolute atomic E-state index is 12.5. The number of carbonyl (C=O) groups is 1. The van der Waals surface area contributed by atoms with Gasteiger partial charge in [0.05, 0.1) is 17.9 Å². The highest BCUT2D eigenvalue weighted by molar-refractivity contribution is 8.00. The van der Waals surface area contributed by atoms with Crippen LogP contribution >= 0.6 is 11.8 Å². The van der Waals surface area contributed by atoms with Crippen LogP contribution < -0.4 is 10.1 Å². The molecule has 0 fully saturated rings. The highest BCUT2D eigenvalue weighted by Crippen LogP contribution is 2.32. The van der Waals surface area contributed by atoms with Crippen LogP contribution in [0.15, 0.2) is 72.4 Å². The number of nitrogens with zero attached hydrogens (tertiary/aromatic N) is 3. The number of ether oxygens (including phenoxy) is 1. The van der Waals surface area contributed by atoms with Gasteiger partial charge in [0.25, 0.3) is 0 Å². The fraction of sp³-hybridized carbons (Fsp3) is 0.190. The Kier molecular flexibility index (Phi) is 6.49. The molecule has 28 heavy (non-hydrogen) atoms. The molecule has 1 amide bonds. The monoisotopic (exact) mass is 394 g/mol. The van der Waals surface area contributed by atoms with Gasteiger partial charge in [0.15, 0.2) is 11.0 Å². The summed E-state index contributed by atoms with van der Waals surface area (Å²) in [6, 6.07) is 17.0. The van der Waals surface area contributed by atoms with Gasteiger partial charge < -0.3 is 10.1 Å². The van der Waals surface area contributed by atoms with Crippen LogP contribution in [0, 0.1) is 0 Å². The molecular weight excluding hydrogens is 372 g/mol. The predicted octanol–water partition coefficient (Wildman–Crippen LogP) is 4.26. The molecule has 0 aliphatic carbocycles. The SMILES string of the molecule is C=CCn1c(SC(C)C(=O)Nc2ccccc2)nnc1-c1ccccc1OC. The van der Waals surface area contributed by atoms with E-state index in [0.29, 0.717) is 23.3 Å². The minimum Gasteiger partial charge on any atom is -0.496 e. The van der Waals surface area contributed by atoms with E-state index in [9.17, 15) is 4.79 Å². The number of benzene rings is 2. The van der Waals surface area contributed by atoms with Crippen molar-refractivity contribution in [2.24, 2.45) is 0 Å². The minimum absolute atomic E-state index is 0.0943. The summed E-state index contributed by atoms with van der Waals surface area (Å²) < 4.78 is 7.38. The van der Waals surface area contributed by atoms with Gasteiger partial charge >= 0.3 is 0 Å². The minimum atomic E-state index is -0.349. The molecule has 3 rings (SSSR count). The van der Waals surface area contributed by atoms with Crippen LogP contribution in [0.3, 0.4) is 0 Å². The first-order chi connectivity index (χ1) is 13.6. The number of methoxy groups -OCH3 is 1. The molecule has 0 aliphatic heterocycles. The molecular formula is C21H22N4O2S. The molecule has 144 valence electrons. The van der Waals surface area contributed by atoms with Crippen molar-refractivity contribution in [3.8, 4) is 17.1 Å². The van der Waals surface area contributed by atoms with Crippen LogP contribution in [0.5, 0.6) is 5.75 Å². The molecule has 1 aromatic heterocycles. The van der Waals surface area contributed by atoms with E-state index < -0.39 is 0 Å². The third-order valence-corrected chi connectivity index (χ3v) is 5.15. The Morgan fingerprint density at radius 2 is 1.93 bits per heavy atom.